The average Bonchev–Trinajstić information content (AvgIpc) is 2.20. The molecule has 2 unspecified atom stereocenters. The molecule has 0 saturated carbocycles. The van der Waals surface area contributed by atoms with Crippen molar-refractivity contribution in [1.82, 2.24) is 0 Å². The van der Waals surface area contributed by atoms with E-state index in [0.29, 0.717) is 6.42 Å². The zero-order valence-electron chi connectivity index (χ0n) is 9.28. The lowest BCUT2D eigenvalue weighted by molar-refractivity contribution is 0.102. The van der Waals surface area contributed by atoms with Crippen LogP contribution in [0, 0.1) is 5.92 Å². The second-order valence-corrected chi connectivity index (χ2v) is 3.83. The third kappa shape index (κ3) is 6.17. The van der Waals surface area contributed by atoms with Gasteiger partial charge in [0.1, 0.15) is 0 Å². The maximum Gasteiger partial charge on any atom is 0.0603 e. The summed E-state index contributed by atoms with van der Waals surface area (Å²) >= 11 is 0. The second kappa shape index (κ2) is 9.22. The SMILES string of the molecule is C=CC(CCO)C(O)CCCCCC. The van der Waals surface area contributed by atoms with Crippen molar-refractivity contribution in [2.24, 2.45) is 5.92 Å². The summed E-state index contributed by atoms with van der Waals surface area (Å²) in [5, 5.41) is 18.5. The van der Waals surface area contributed by atoms with Crippen molar-refractivity contribution in [2.45, 2.75) is 51.6 Å². The maximum absolute atomic E-state index is 9.76. The molecule has 14 heavy (non-hydrogen) atoms. The number of hydrogen-bond donors (Lipinski definition) is 2. The molecule has 0 aliphatic carbocycles. The van der Waals surface area contributed by atoms with Crippen LogP contribution in [0.15, 0.2) is 12.7 Å². The Labute approximate surface area is 87.7 Å². The summed E-state index contributed by atoms with van der Waals surface area (Å²) in [4.78, 5) is 0. The van der Waals surface area contributed by atoms with Crippen molar-refractivity contribution in [1.29, 1.82) is 0 Å². The first-order chi connectivity index (χ1) is 6.76. The Balaban J connectivity index is 3.57. The van der Waals surface area contributed by atoms with Crippen molar-refractivity contribution in [3.8, 4) is 0 Å². The van der Waals surface area contributed by atoms with E-state index < -0.39 is 0 Å². The zero-order chi connectivity index (χ0) is 10.8. The number of hydrogen-bond acceptors (Lipinski definition) is 2. The van der Waals surface area contributed by atoms with Gasteiger partial charge in [-0.3, -0.25) is 0 Å². The minimum atomic E-state index is -0.323. The fourth-order valence-electron chi connectivity index (χ4n) is 1.61. The van der Waals surface area contributed by atoms with Gasteiger partial charge >= 0.3 is 0 Å². The van der Waals surface area contributed by atoms with Crippen LogP contribution in [0.3, 0.4) is 0 Å². The largest absolute Gasteiger partial charge is 0.396 e. The van der Waals surface area contributed by atoms with Crippen LogP contribution in [0.4, 0.5) is 0 Å². The fourth-order valence-corrected chi connectivity index (χ4v) is 1.61. The van der Waals surface area contributed by atoms with Crippen LogP contribution in [0.25, 0.3) is 0 Å². The highest BCUT2D eigenvalue weighted by atomic mass is 16.3. The van der Waals surface area contributed by atoms with Crippen LogP contribution >= 0.6 is 0 Å². The van der Waals surface area contributed by atoms with Gasteiger partial charge in [0.2, 0.25) is 0 Å². The van der Waals surface area contributed by atoms with Crippen LogP contribution in [-0.4, -0.2) is 22.9 Å². The first-order valence-electron chi connectivity index (χ1n) is 5.67. The molecule has 0 bridgehead atoms. The molecule has 2 nitrogen and oxygen atoms in total. The molecular formula is C12H24O2. The topological polar surface area (TPSA) is 40.5 Å². The Morgan fingerprint density at radius 1 is 1.21 bits per heavy atom. The molecule has 0 aromatic rings. The third-order valence-corrected chi connectivity index (χ3v) is 2.61. The van der Waals surface area contributed by atoms with E-state index in [2.05, 4.69) is 13.5 Å². The molecule has 0 fully saturated rings. The fraction of sp³-hybridized carbons (Fsp3) is 0.833. The van der Waals surface area contributed by atoms with E-state index in [0.717, 1.165) is 12.8 Å². The van der Waals surface area contributed by atoms with Crippen LogP contribution in [0.1, 0.15) is 45.4 Å². The smallest absolute Gasteiger partial charge is 0.0603 e. The molecule has 0 aromatic carbocycles. The van der Waals surface area contributed by atoms with Crippen molar-refractivity contribution in [2.75, 3.05) is 6.61 Å². The van der Waals surface area contributed by atoms with E-state index >= 15 is 0 Å². The molecule has 84 valence electrons. The van der Waals surface area contributed by atoms with Gasteiger partial charge < -0.3 is 10.2 Å². The molecule has 0 aromatic heterocycles. The summed E-state index contributed by atoms with van der Waals surface area (Å²) in [7, 11) is 0. The Hall–Kier alpha value is -0.340. The first kappa shape index (κ1) is 13.7. The summed E-state index contributed by atoms with van der Waals surface area (Å²) in [6.07, 6.45) is 7.61. The van der Waals surface area contributed by atoms with E-state index in [1.807, 2.05) is 0 Å². The Morgan fingerprint density at radius 2 is 1.93 bits per heavy atom. The van der Waals surface area contributed by atoms with Crippen molar-refractivity contribution < 1.29 is 10.2 Å². The lowest BCUT2D eigenvalue weighted by atomic mass is 9.94. The Bertz CT molecular complexity index is 134. The van der Waals surface area contributed by atoms with E-state index in [9.17, 15) is 5.11 Å². The van der Waals surface area contributed by atoms with Gasteiger partial charge in [0.25, 0.3) is 0 Å². The lowest BCUT2D eigenvalue weighted by Gasteiger charge is -2.18. The summed E-state index contributed by atoms with van der Waals surface area (Å²) in [6.45, 7) is 5.98. The highest BCUT2D eigenvalue weighted by molar-refractivity contribution is 4.84. The summed E-state index contributed by atoms with van der Waals surface area (Å²) in [6, 6.07) is 0. The molecule has 0 aliphatic heterocycles. The summed E-state index contributed by atoms with van der Waals surface area (Å²) in [5.41, 5.74) is 0. The van der Waals surface area contributed by atoms with Crippen molar-refractivity contribution in [3.63, 3.8) is 0 Å². The minimum Gasteiger partial charge on any atom is -0.396 e. The number of aliphatic hydroxyl groups is 2. The highest BCUT2D eigenvalue weighted by Gasteiger charge is 2.14. The van der Waals surface area contributed by atoms with Crippen LogP contribution in [-0.2, 0) is 0 Å². The molecule has 0 aliphatic rings. The van der Waals surface area contributed by atoms with Crippen molar-refractivity contribution in [3.05, 3.63) is 12.7 Å². The maximum atomic E-state index is 9.76. The molecule has 0 heterocycles. The molecule has 2 heteroatoms. The Kier molecular flexibility index (Phi) is 9.00. The monoisotopic (exact) mass is 200 g/mol. The number of aliphatic hydroxyl groups excluding tert-OH is 2. The normalized spacial score (nSPS) is 15.1. The van der Waals surface area contributed by atoms with Gasteiger partial charge in [-0.1, -0.05) is 38.7 Å². The van der Waals surface area contributed by atoms with Crippen LogP contribution in [0.2, 0.25) is 0 Å². The third-order valence-electron chi connectivity index (χ3n) is 2.61. The number of rotatable bonds is 9. The van der Waals surface area contributed by atoms with Gasteiger partial charge in [-0.2, -0.15) is 0 Å². The molecule has 0 rings (SSSR count). The molecule has 0 amide bonds. The molecule has 0 spiro atoms. The zero-order valence-corrected chi connectivity index (χ0v) is 9.28. The standard InChI is InChI=1S/C12H24O2/c1-3-5-6-7-8-12(14)11(4-2)9-10-13/h4,11-14H,2-3,5-10H2,1H3. The van der Waals surface area contributed by atoms with Gasteiger partial charge in [0.15, 0.2) is 0 Å². The first-order valence-corrected chi connectivity index (χ1v) is 5.67. The average molecular weight is 200 g/mol. The van der Waals surface area contributed by atoms with E-state index in [4.69, 9.17) is 5.11 Å². The van der Waals surface area contributed by atoms with E-state index in [-0.39, 0.29) is 18.6 Å². The highest BCUT2D eigenvalue weighted by Crippen LogP contribution is 2.16. The van der Waals surface area contributed by atoms with Gasteiger partial charge in [-0.25, -0.2) is 0 Å². The molecule has 2 atom stereocenters. The molecule has 0 radical (unpaired) electrons. The van der Waals surface area contributed by atoms with Crippen LogP contribution in [0.5, 0.6) is 0 Å². The molecular weight excluding hydrogens is 176 g/mol. The van der Waals surface area contributed by atoms with E-state index in [1.54, 1.807) is 6.08 Å². The predicted molar refractivity (Wildman–Crippen MR) is 60.2 cm³/mol. The van der Waals surface area contributed by atoms with Gasteiger partial charge in [-0.05, 0) is 12.8 Å². The van der Waals surface area contributed by atoms with Gasteiger partial charge in [0, 0.05) is 12.5 Å². The van der Waals surface area contributed by atoms with Gasteiger partial charge in [0.05, 0.1) is 6.10 Å². The summed E-state index contributed by atoms with van der Waals surface area (Å²) < 4.78 is 0. The predicted octanol–water partition coefficient (Wildman–Crippen LogP) is 2.50. The van der Waals surface area contributed by atoms with Crippen LogP contribution < -0.4 is 0 Å². The lowest BCUT2D eigenvalue weighted by Crippen LogP contribution is -2.19. The second-order valence-electron chi connectivity index (χ2n) is 3.83. The quantitative estimate of drug-likeness (QED) is 0.443. The Morgan fingerprint density at radius 3 is 2.43 bits per heavy atom. The minimum absolute atomic E-state index is 0.0571. The van der Waals surface area contributed by atoms with Gasteiger partial charge in [-0.15, -0.1) is 6.58 Å². The summed E-state index contributed by atoms with van der Waals surface area (Å²) in [5.74, 6) is 0.0571. The number of unbranched alkanes of at least 4 members (excludes halogenated alkanes) is 3. The molecule has 0 saturated heterocycles. The van der Waals surface area contributed by atoms with E-state index in [1.165, 1.54) is 19.3 Å². The molecule has 2 N–H and O–H groups in total. The van der Waals surface area contributed by atoms with Crippen molar-refractivity contribution >= 4 is 0 Å².